The van der Waals surface area contributed by atoms with Crippen molar-refractivity contribution in [1.82, 2.24) is 10.6 Å². The van der Waals surface area contributed by atoms with Gasteiger partial charge in [-0.2, -0.15) is 0 Å². The van der Waals surface area contributed by atoms with Crippen molar-refractivity contribution in [2.75, 3.05) is 20.2 Å². The van der Waals surface area contributed by atoms with Gasteiger partial charge in [0.05, 0.1) is 12.1 Å². The lowest BCUT2D eigenvalue weighted by Crippen LogP contribution is -2.52. The number of nitrogens with one attached hydrogen (secondary N) is 2. The van der Waals surface area contributed by atoms with Gasteiger partial charge in [-0.3, -0.25) is 0 Å². The molecule has 1 fully saturated rings. The maximum Gasteiger partial charge on any atom is 0.315 e. The molecule has 1 aromatic rings. The number of aliphatic hydroxyl groups is 1. The molecule has 1 aromatic heterocycles. The van der Waals surface area contributed by atoms with Gasteiger partial charge in [0.15, 0.2) is 0 Å². The highest BCUT2D eigenvalue weighted by molar-refractivity contribution is 7.10. The number of rotatable bonds is 6. The lowest BCUT2D eigenvalue weighted by Gasteiger charge is -2.40. The summed E-state index contributed by atoms with van der Waals surface area (Å²) in [6, 6.07) is 3.47. The first-order valence-corrected chi connectivity index (χ1v) is 7.69. The van der Waals surface area contributed by atoms with Crippen molar-refractivity contribution < 1.29 is 14.6 Å². The van der Waals surface area contributed by atoms with Gasteiger partial charge in [-0.05, 0) is 37.6 Å². The van der Waals surface area contributed by atoms with E-state index in [0.717, 1.165) is 24.1 Å². The predicted molar refractivity (Wildman–Crippen MR) is 78.9 cm³/mol. The summed E-state index contributed by atoms with van der Waals surface area (Å²) in [5, 5.41) is 17.7. The van der Waals surface area contributed by atoms with Crippen LogP contribution in [0.4, 0.5) is 4.79 Å². The lowest BCUT2D eigenvalue weighted by molar-refractivity contribution is -0.0674. The van der Waals surface area contributed by atoms with Crippen LogP contribution in [-0.2, 0) is 10.3 Å². The number of carbonyl (C=O) groups excluding carboxylic acids is 1. The van der Waals surface area contributed by atoms with Crippen molar-refractivity contribution in [3.63, 3.8) is 0 Å². The molecule has 3 N–H and O–H groups in total. The molecule has 1 aliphatic carbocycles. The van der Waals surface area contributed by atoms with E-state index in [4.69, 9.17) is 4.74 Å². The Labute approximate surface area is 123 Å². The quantitative estimate of drug-likeness (QED) is 0.750. The van der Waals surface area contributed by atoms with Gasteiger partial charge >= 0.3 is 6.03 Å². The molecule has 0 bridgehead atoms. The van der Waals surface area contributed by atoms with Gasteiger partial charge < -0.3 is 20.5 Å². The Kier molecular flexibility index (Phi) is 4.67. The van der Waals surface area contributed by atoms with E-state index >= 15 is 0 Å². The van der Waals surface area contributed by atoms with Crippen LogP contribution in [0, 0.1) is 0 Å². The van der Waals surface area contributed by atoms with E-state index in [0.29, 0.717) is 6.54 Å². The van der Waals surface area contributed by atoms with Crippen LogP contribution in [-0.4, -0.2) is 36.9 Å². The Morgan fingerprint density at radius 2 is 2.30 bits per heavy atom. The summed E-state index contributed by atoms with van der Waals surface area (Å²) >= 11 is 1.47. The first-order chi connectivity index (χ1) is 9.47. The van der Waals surface area contributed by atoms with Gasteiger partial charge in [0, 0.05) is 18.5 Å². The second-order valence-electron chi connectivity index (χ2n) is 5.53. The molecule has 20 heavy (non-hydrogen) atoms. The topological polar surface area (TPSA) is 70.6 Å². The average molecular weight is 298 g/mol. The maximum atomic E-state index is 11.8. The molecular weight excluding hydrogens is 276 g/mol. The minimum absolute atomic E-state index is 0.180. The summed E-state index contributed by atoms with van der Waals surface area (Å²) in [4.78, 5) is 12.6. The van der Waals surface area contributed by atoms with Crippen LogP contribution in [0.25, 0.3) is 0 Å². The van der Waals surface area contributed by atoms with Crippen LogP contribution in [0.2, 0.25) is 0 Å². The van der Waals surface area contributed by atoms with E-state index in [1.807, 2.05) is 17.5 Å². The molecule has 1 aliphatic rings. The number of urea groups is 1. The molecule has 2 rings (SSSR count). The van der Waals surface area contributed by atoms with E-state index in [2.05, 4.69) is 10.6 Å². The van der Waals surface area contributed by atoms with E-state index in [9.17, 15) is 9.90 Å². The minimum atomic E-state index is -1.04. The number of carbonyl (C=O) groups is 1. The van der Waals surface area contributed by atoms with E-state index in [-0.39, 0.29) is 18.2 Å². The van der Waals surface area contributed by atoms with Crippen molar-refractivity contribution in [2.45, 2.75) is 37.4 Å². The van der Waals surface area contributed by atoms with Gasteiger partial charge in [-0.25, -0.2) is 4.79 Å². The Hall–Kier alpha value is -1.11. The van der Waals surface area contributed by atoms with Crippen LogP contribution in [0.1, 0.15) is 31.1 Å². The standard InChI is InChI=1S/C14H22N2O3S/c1-13(18,11-5-3-8-20-11)9-15-12(17)16-10-14(19-2)6-4-7-14/h3,5,8,18H,4,6-7,9-10H2,1-2H3,(H2,15,16,17). The Balaban J connectivity index is 1.75. The zero-order chi connectivity index (χ0) is 14.6. The predicted octanol–water partition coefficient (Wildman–Crippen LogP) is 1.82. The highest BCUT2D eigenvalue weighted by Gasteiger charge is 2.37. The summed E-state index contributed by atoms with van der Waals surface area (Å²) in [6.07, 6.45) is 3.11. The van der Waals surface area contributed by atoms with Gasteiger partial charge in [0.2, 0.25) is 0 Å². The zero-order valence-electron chi connectivity index (χ0n) is 11.9. The Morgan fingerprint density at radius 1 is 1.55 bits per heavy atom. The highest BCUT2D eigenvalue weighted by Crippen LogP contribution is 2.34. The summed E-state index contributed by atoms with van der Waals surface area (Å²) in [7, 11) is 1.68. The maximum absolute atomic E-state index is 11.8. The fraction of sp³-hybridized carbons (Fsp3) is 0.643. The third kappa shape index (κ3) is 3.50. The van der Waals surface area contributed by atoms with Crippen molar-refractivity contribution in [3.8, 4) is 0 Å². The second-order valence-corrected chi connectivity index (χ2v) is 6.48. The molecule has 1 saturated carbocycles. The number of amides is 2. The lowest BCUT2D eigenvalue weighted by atomic mass is 9.80. The molecule has 1 heterocycles. The molecule has 112 valence electrons. The van der Waals surface area contributed by atoms with Crippen molar-refractivity contribution in [3.05, 3.63) is 22.4 Å². The van der Waals surface area contributed by atoms with E-state index in [1.165, 1.54) is 11.3 Å². The Morgan fingerprint density at radius 3 is 2.80 bits per heavy atom. The molecular formula is C14H22N2O3S. The SMILES string of the molecule is COC1(CNC(=O)NCC(C)(O)c2cccs2)CCC1. The number of hydrogen-bond donors (Lipinski definition) is 3. The zero-order valence-corrected chi connectivity index (χ0v) is 12.8. The summed E-state index contributed by atoms with van der Waals surface area (Å²) in [5.74, 6) is 0. The molecule has 0 radical (unpaired) electrons. The molecule has 0 saturated heterocycles. The normalized spacial score (nSPS) is 19.8. The van der Waals surface area contributed by atoms with Gasteiger partial charge in [-0.15, -0.1) is 11.3 Å². The molecule has 2 amide bonds. The van der Waals surface area contributed by atoms with Crippen LogP contribution in [0.5, 0.6) is 0 Å². The third-order valence-corrected chi connectivity index (χ3v) is 5.04. The first kappa shape index (κ1) is 15.3. The molecule has 5 nitrogen and oxygen atoms in total. The molecule has 1 unspecified atom stereocenters. The fourth-order valence-corrected chi connectivity index (χ4v) is 3.04. The van der Waals surface area contributed by atoms with Crippen molar-refractivity contribution in [1.29, 1.82) is 0 Å². The van der Waals surface area contributed by atoms with Gasteiger partial charge in [-0.1, -0.05) is 6.07 Å². The third-order valence-electron chi connectivity index (χ3n) is 3.91. The number of methoxy groups -OCH3 is 1. The summed E-state index contributed by atoms with van der Waals surface area (Å²) in [6.45, 7) is 2.39. The summed E-state index contributed by atoms with van der Waals surface area (Å²) < 4.78 is 5.44. The fourth-order valence-electron chi connectivity index (χ4n) is 2.25. The molecule has 6 heteroatoms. The summed E-state index contributed by atoms with van der Waals surface area (Å²) in [5.41, 5.74) is -1.23. The van der Waals surface area contributed by atoms with Crippen LogP contribution in [0.15, 0.2) is 17.5 Å². The highest BCUT2D eigenvalue weighted by atomic mass is 32.1. The van der Waals surface area contributed by atoms with E-state index in [1.54, 1.807) is 14.0 Å². The van der Waals surface area contributed by atoms with Gasteiger partial charge in [0.25, 0.3) is 0 Å². The van der Waals surface area contributed by atoms with Gasteiger partial charge in [0.1, 0.15) is 5.60 Å². The van der Waals surface area contributed by atoms with Crippen LogP contribution in [0.3, 0.4) is 0 Å². The first-order valence-electron chi connectivity index (χ1n) is 6.81. The Bertz CT molecular complexity index is 436. The van der Waals surface area contributed by atoms with E-state index < -0.39 is 5.60 Å². The second kappa shape index (κ2) is 6.11. The molecule has 1 atom stereocenters. The number of ether oxygens (including phenoxy) is 1. The molecule has 0 spiro atoms. The average Bonchev–Trinajstić information content (AvgIpc) is 2.90. The van der Waals surface area contributed by atoms with Crippen LogP contribution < -0.4 is 10.6 Å². The van der Waals surface area contributed by atoms with Crippen molar-refractivity contribution in [2.24, 2.45) is 0 Å². The smallest absolute Gasteiger partial charge is 0.315 e. The number of thiophene rings is 1. The number of hydrogen-bond acceptors (Lipinski definition) is 4. The molecule has 0 aliphatic heterocycles. The van der Waals surface area contributed by atoms with Crippen LogP contribution >= 0.6 is 11.3 Å². The van der Waals surface area contributed by atoms with Crippen molar-refractivity contribution >= 4 is 17.4 Å². The minimum Gasteiger partial charge on any atom is -0.383 e. The molecule has 0 aromatic carbocycles. The monoisotopic (exact) mass is 298 g/mol. The largest absolute Gasteiger partial charge is 0.383 e.